The minimum atomic E-state index is -0.818. The van der Waals surface area contributed by atoms with Gasteiger partial charge in [-0.25, -0.2) is 9.79 Å². The van der Waals surface area contributed by atoms with Crippen molar-refractivity contribution in [1.29, 1.82) is 0 Å². The van der Waals surface area contributed by atoms with E-state index in [0.717, 1.165) is 11.1 Å². The van der Waals surface area contributed by atoms with Gasteiger partial charge < -0.3 is 18.9 Å². The molecule has 0 saturated carbocycles. The Labute approximate surface area is 297 Å². The second-order valence-corrected chi connectivity index (χ2v) is 12.7. The molecule has 0 saturated heterocycles. The van der Waals surface area contributed by atoms with Crippen LogP contribution in [0.5, 0.6) is 17.2 Å². The maximum absolute atomic E-state index is 14.3. The van der Waals surface area contributed by atoms with Crippen molar-refractivity contribution >= 4 is 52.3 Å². The molecule has 6 rings (SSSR count). The number of benzene rings is 4. The van der Waals surface area contributed by atoms with E-state index >= 15 is 0 Å². The number of thiazole rings is 1. The Morgan fingerprint density at radius 2 is 1.65 bits per heavy atom. The lowest BCUT2D eigenvalue weighted by Gasteiger charge is -2.26. The molecule has 1 atom stereocenters. The molecule has 0 bridgehead atoms. The van der Waals surface area contributed by atoms with Gasteiger partial charge in [0.15, 0.2) is 16.3 Å². The summed E-state index contributed by atoms with van der Waals surface area (Å²) < 4.78 is 24.8. The molecule has 1 aliphatic heterocycles. The average molecular weight is 716 g/mol. The second kappa shape index (κ2) is 15.2. The molecule has 0 N–H and O–H groups in total. The van der Waals surface area contributed by atoms with Crippen LogP contribution in [0.3, 0.4) is 0 Å². The average Bonchev–Trinajstić information content (AvgIpc) is 3.42. The zero-order valence-corrected chi connectivity index (χ0v) is 29.3. The third kappa shape index (κ3) is 7.15. The maximum atomic E-state index is 14.3. The van der Waals surface area contributed by atoms with E-state index in [1.807, 2.05) is 79.7 Å². The Kier molecular flexibility index (Phi) is 10.5. The molecule has 5 aromatic rings. The highest BCUT2D eigenvalue weighted by Gasteiger charge is 2.35. The van der Waals surface area contributed by atoms with Crippen LogP contribution in [-0.2, 0) is 16.1 Å². The van der Waals surface area contributed by atoms with Gasteiger partial charge in [-0.15, -0.1) is 0 Å². The summed E-state index contributed by atoms with van der Waals surface area (Å²) in [6, 6.07) is 26.8. The first-order valence-corrected chi connectivity index (χ1v) is 17.1. The minimum absolute atomic E-state index is 0.158. The van der Waals surface area contributed by atoms with Crippen LogP contribution in [-0.4, -0.2) is 30.9 Å². The molecule has 1 aromatic heterocycles. The molecule has 0 aliphatic carbocycles. The normalized spacial score (nSPS) is 14.2. The van der Waals surface area contributed by atoms with E-state index in [-0.39, 0.29) is 24.3 Å². The Morgan fingerprint density at radius 1 is 0.918 bits per heavy atom. The molecule has 11 heteroatoms. The first kappa shape index (κ1) is 34.0. The topological polar surface area (TPSA) is 88.4 Å². The number of nitrogens with zero attached hydrogens (tertiary/aromatic N) is 2. The summed E-state index contributed by atoms with van der Waals surface area (Å²) in [6.45, 7) is 4.50. The lowest BCUT2D eigenvalue weighted by molar-refractivity contribution is -0.138. The van der Waals surface area contributed by atoms with Crippen molar-refractivity contribution in [3.63, 3.8) is 0 Å². The van der Waals surface area contributed by atoms with E-state index in [1.165, 1.54) is 18.4 Å². The van der Waals surface area contributed by atoms with Crippen molar-refractivity contribution in [3.8, 4) is 17.2 Å². The van der Waals surface area contributed by atoms with Crippen LogP contribution < -0.4 is 29.1 Å². The maximum Gasteiger partial charge on any atom is 0.338 e. The Balaban J connectivity index is 1.49. The molecule has 2 heterocycles. The Bertz CT molecular complexity index is 2210. The predicted molar refractivity (Wildman–Crippen MR) is 192 cm³/mol. The number of aromatic nitrogens is 1. The third-order valence-electron chi connectivity index (χ3n) is 7.76. The van der Waals surface area contributed by atoms with Gasteiger partial charge in [0, 0.05) is 16.1 Å². The Morgan fingerprint density at radius 3 is 2.35 bits per heavy atom. The van der Waals surface area contributed by atoms with Crippen LogP contribution in [0, 0.1) is 0 Å². The molecule has 0 fully saturated rings. The molecule has 8 nitrogen and oxygen atoms in total. The molecule has 49 heavy (non-hydrogen) atoms. The number of rotatable bonds is 11. The lowest BCUT2D eigenvalue weighted by atomic mass is 9.93. The van der Waals surface area contributed by atoms with Crippen LogP contribution in [0.4, 0.5) is 0 Å². The highest BCUT2D eigenvalue weighted by atomic mass is 35.5. The van der Waals surface area contributed by atoms with Crippen molar-refractivity contribution in [2.75, 3.05) is 20.3 Å². The van der Waals surface area contributed by atoms with E-state index in [0.29, 0.717) is 60.1 Å². The van der Waals surface area contributed by atoms with Gasteiger partial charge in [0.1, 0.15) is 12.4 Å². The van der Waals surface area contributed by atoms with Crippen molar-refractivity contribution in [3.05, 3.63) is 149 Å². The standard InChI is InChI=1S/C38H32Cl2N2O6S/c1-4-46-27-17-15-25(16-18-27)34-32(37(44)47-5-2)33(24-11-7-6-8-12-24)41-38-42(34)36(43)31(49-38)21-23-19-29(40)35(30(20-23)45-3)48-22-26-13-9-10-14-28(26)39/h6-21,34H,4-5,22H2,1-3H3/b31-21-/t34-/m1/s1. The third-order valence-corrected chi connectivity index (χ3v) is 9.39. The molecule has 0 radical (unpaired) electrons. The van der Waals surface area contributed by atoms with Crippen molar-refractivity contribution < 1.29 is 23.7 Å². The number of carbonyl (C=O) groups is 1. The van der Waals surface area contributed by atoms with Gasteiger partial charge in [-0.2, -0.15) is 0 Å². The number of carbonyl (C=O) groups excluding carboxylic acids is 1. The number of hydrogen-bond acceptors (Lipinski definition) is 8. The zero-order chi connectivity index (χ0) is 34.5. The van der Waals surface area contributed by atoms with E-state index in [4.69, 9.17) is 47.1 Å². The van der Waals surface area contributed by atoms with E-state index < -0.39 is 12.0 Å². The number of hydrogen-bond donors (Lipinski definition) is 0. The molecular formula is C38H32Cl2N2O6S. The molecule has 250 valence electrons. The fourth-order valence-electron chi connectivity index (χ4n) is 5.55. The van der Waals surface area contributed by atoms with Gasteiger partial charge in [0.25, 0.3) is 5.56 Å². The summed E-state index contributed by atoms with van der Waals surface area (Å²) in [4.78, 5) is 33.4. The monoisotopic (exact) mass is 714 g/mol. The molecule has 0 amide bonds. The van der Waals surface area contributed by atoms with Crippen LogP contribution in [0.2, 0.25) is 10.0 Å². The fraction of sp³-hybridized carbons (Fsp3) is 0.184. The number of methoxy groups -OCH3 is 1. The van der Waals surface area contributed by atoms with E-state index in [1.54, 1.807) is 35.8 Å². The van der Waals surface area contributed by atoms with Gasteiger partial charge in [-0.3, -0.25) is 9.36 Å². The van der Waals surface area contributed by atoms with Crippen molar-refractivity contribution in [2.45, 2.75) is 26.5 Å². The van der Waals surface area contributed by atoms with Crippen molar-refractivity contribution in [2.24, 2.45) is 4.99 Å². The quantitative estimate of drug-likeness (QED) is 0.134. The van der Waals surface area contributed by atoms with Gasteiger partial charge >= 0.3 is 5.97 Å². The van der Waals surface area contributed by atoms with Gasteiger partial charge in [0.05, 0.1) is 47.2 Å². The van der Waals surface area contributed by atoms with Gasteiger partial charge in [-0.05, 0) is 61.4 Å². The highest BCUT2D eigenvalue weighted by molar-refractivity contribution is 7.07. The van der Waals surface area contributed by atoms with Gasteiger partial charge in [-0.1, -0.05) is 95.2 Å². The molecular weight excluding hydrogens is 683 g/mol. The summed E-state index contributed by atoms with van der Waals surface area (Å²) in [5.41, 5.74) is 3.21. The fourth-order valence-corrected chi connectivity index (χ4v) is 7.01. The summed E-state index contributed by atoms with van der Waals surface area (Å²) in [7, 11) is 1.52. The summed E-state index contributed by atoms with van der Waals surface area (Å²) in [5.74, 6) is 0.863. The number of ether oxygens (including phenoxy) is 4. The number of halogens is 2. The largest absolute Gasteiger partial charge is 0.494 e. The first-order chi connectivity index (χ1) is 23.8. The number of fused-ring (bicyclic) bond motifs is 1. The predicted octanol–water partition coefficient (Wildman–Crippen LogP) is 7.23. The van der Waals surface area contributed by atoms with Crippen molar-refractivity contribution in [1.82, 2.24) is 4.57 Å². The first-order valence-electron chi connectivity index (χ1n) is 15.6. The highest BCUT2D eigenvalue weighted by Crippen LogP contribution is 2.38. The smallest absolute Gasteiger partial charge is 0.338 e. The van der Waals surface area contributed by atoms with Crippen LogP contribution in [0.15, 0.2) is 106 Å². The van der Waals surface area contributed by atoms with Crippen LogP contribution in [0.25, 0.3) is 11.8 Å². The molecule has 0 unspecified atom stereocenters. The summed E-state index contributed by atoms with van der Waals surface area (Å²) in [5, 5.41) is 0.878. The lowest BCUT2D eigenvalue weighted by Crippen LogP contribution is -2.40. The molecule has 0 spiro atoms. The summed E-state index contributed by atoms with van der Waals surface area (Å²) >= 11 is 14.2. The number of esters is 1. The van der Waals surface area contributed by atoms with Crippen LogP contribution in [0.1, 0.15) is 42.1 Å². The Hall–Kier alpha value is -4.83. The van der Waals surface area contributed by atoms with E-state index in [9.17, 15) is 9.59 Å². The van der Waals surface area contributed by atoms with Crippen LogP contribution >= 0.6 is 34.5 Å². The van der Waals surface area contributed by atoms with E-state index in [2.05, 4.69) is 0 Å². The zero-order valence-electron chi connectivity index (χ0n) is 26.9. The SMILES string of the molecule is CCOC(=O)C1=C(c2ccccc2)N=c2s/c(=C\c3cc(Cl)c(OCc4ccccc4Cl)c(OC)c3)c(=O)n2[C@@H]1c1ccc(OCC)cc1. The molecule has 4 aromatic carbocycles. The molecule has 1 aliphatic rings. The minimum Gasteiger partial charge on any atom is -0.494 e. The second-order valence-electron chi connectivity index (χ2n) is 10.8. The van der Waals surface area contributed by atoms with Gasteiger partial charge in [0.2, 0.25) is 0 Å². The summed E-state index contributed by atoms with van der Waals surface area (Å²) in [6.07, 6.45) is 1.72.